The number of nitrogens with two attached hydrogens (primary N) is 1. The predicted octanol–water partition coefficient (Wildman–Crippen LogP) is 1.82. The lowest BCUT2D eigenvalue weighted by atomic mass is 10.2. The lowest BCUT2D eigenvalue weighted by Crippen LogP contribution is -2.82. The predicted molar refractivity (Wildman–Crippen MR) is 93.3 cm³/mol. The van der Waals surface area contributed by atoms with Crippen LogP contribution in [0.5, 0.6) is 5.75 Å². The monoisotopic (exact) mass is 354 g/mol. The number of nitrogens with one attached hydrogen (secondary N) is 2. The first kappa shape index (κ1) is 16.5. The molecule has 4 nitrogen and oxygen atoms in total. The van der Waals surface area contributed by atoms with Gasteiger partial charge in [0.05, 0.1) is 5.56 Å². The Balaban J connectivity index is 2.13. The normalized spacial score (nSPS) is 10.6. The molecule has 0 saturated heterocycles. The molecule has 0 aliphatic heterocycles. The Hall–Kier alpha value is -1.82. The third kappa shape index (κ3) is 4.59. The molecule has 2 rings (SSSR count). The van der Waals surface area contributed by atoms with Crippen LogP contribution in [0.2, 0.25) is 10.0 Å². The highest BCUT2D eigenvalue weighted by molar-refractivity contribution is 7.80. The van der Waals surface area contributed by atoms with E-state index in [1.165, 1.54) is 0 Å². The van der Waals surface area contributed by atoms with Crippen LogP contribution in [-0.4, -0.2) is 11.3 Å². The highest BCUT2D eigenvalue weighted by Gasteiger charge is 2.08. The molecule has 0 heterocycles. The maximum absolute atomic E-state index is 6.13. The number of hydrogen-bond donors (Lipinski definition) is 3. The molecule has 22 heavy (non-hydrogen) atoms. The van der Waals surface area contributed by atoms with Gasteiger partial charge >= 0.3 is 0 Å². The van der Waals surface area contributed by atoms with Gasteiger partial charge in [0.25, 0.3) is 0 Å². The zero-order chi connectivity index (χ0) is 15.9. The summed E-state index contributed by atoms with van der Waals surface area (Å²) in [7, 11) is 0. The fourth-order valence-electron chi connectivity index (χ4n) is 1.74. The molecule has 0 saturated carbocycles. The standard InChI is InChI=1S/C15H13Cl2N3OS/c16-12-5-3-6-13(17)11(12)9-21-14-7-2-1-4-10(14)8-19-20-15(18)22/h1-8H,9H2,(H3,18,20,22)/p+1. The van der Waals surface area contributed by atoms with E-state index in [4.69, 9.17) is 45.9 Å². The Labute approximate surface area is 143 Å². The molecule has 0 atom stereocenters. The Bertz CT molecular complexity index is 687. The first-order valence-electron chi connectivity index (χ1n) is 6.37. The van der Waals surface area contributed by atoms with Crippen molar-refractivity contribution in [1.82, 2.24) is 5.43 Å². The van der Waals surface area contributed by atoms with Gasteiger partial charge in [0.2, 0.25) is 11.3 Å². The summed E-state index contributed by atoms with van der Waals surface area (Å²) in [5.41, 5.74) is 9.53. The third-order valence-corrected chi connectivity index (χ3v) is 3.59. The maximum atomic E-state index is 6.13. The zero-order valence-corrected chi connectivity index (χ0v) is 13.8. The number of hydrazine groups is 1. The summed E-state index contributed by atoms with van der Waals surface area (Å²) in [4.78, 5) is 0. The zero-order valence-electron chi connectivity index (χ0n) is 11.5. The van der Waals surface area contributed by atoms with Crippen LogP contribution < -0.4 is 21.0 Å². The SMILES string of the molecule is NC(=S)N[NH+]=Cc1ccccc1OCc1c(Cl)cccc1Cl. The van der Waals surface area contributed by atoms with Crippen molar-refractivity contribution in [2.75, 3.05) is 0 Å². The molecule has 0 amide bonds. The van der Waals surface area contributed by atoms with Gasteiger partial charge in [0, 0.05) is 15.6 Å². The average molecular weight is 355 g/mol. The average Bonchev–Trinajstić information content (AvgIpc) is 2.48. The van der Waals surface area contributed by atoms with Gasteiger partial charge in [-0.3, -0.25) is 0 Å². The van der Waals surface area contributed by atoms with E-state index in [2.05, 4.69) is 10.5 Å². The first-order chi connectivity index (χ1) is 10.6. The van der Waals surface area contributed by atoms with Crippen LogP contribution in [0.4, 0.5) is 0 Å². The second kappa shape index (κ2) is 7.98. The van der Waals surface area contributed by atoms with Crippen LogP contribution in [-0.2, 0) is 6.61 Å². The minimum Gasteiger partial charge on any atom is -0.488 e. The van der Waals surface area contributed by atoms with Crippen molar-refractivity contribution in [2.45, 2.75) is 6.61 Å². The van der Waals surface area contributed by atoms with Crippen LogP contribution in [0.3, 0.4) is 0 Å². The lowest BCUT2D eigenvalue weighted by molar-refractivity contribution is -0.499. The van der Waals surface area contributed by atoms with E-state index in [0.717, 1.165) is 11.1 Å². The first-order valence-corrected chi connectivity index (χ1v) is 7.53. The molecule has 0 radical (unpaired) electrons. The van der Waals surface area contributed by atoms with E-state index >= 15 is 0 Å². The summed E-state index contributed by atoms with van der Waals surface area (Å²) >= 11 is 17.0. The minimum absolute atomic E-state index is 0.150. The number of thiocarbonyl (C=S) groups is 1. The molecule has 4 N–H and O–H groups in total. The Morgan fingerprint density at radius 1 is 1.18 bits per heavy atom. The highest BCUT2D eigenvalue weighted by atomic mass is 35.5. The van der Waals surface area contributed by atoms with Crippen molar-refractivity contribution >= 4 is 46.7 Å². The van der Waals surface area contributed by atoms with Crippen molar-refractivity contribution in [1.29, 1.82) is 0 Å². The van der Waals surface area contributed by atoms with E-state index in [9.17, 15) is 0 Å². The number of ether oxygens (including phenoxy) is 1. The molecule has 114 valence electrons. The third-order valence-electron chi connectivity index (χ3n) is 2.78. The van der Waals surface area contributed by atoms with E-state index in [1.54, 1.807) is 24.4 Å². The Morgan fingerprint density at radius 2 is 1.86 bits per heavy atom. The Morgan fingerprint density at radius 3 is 2.55 bits per heavy atom. The number of halogens is 2. The quantitative estimate of drug-likeness (QED) is 0.435. The second-order valence-electron chi connectivity index (χ2n) is 4.30. The number of hydrogen-bond acceptors (Lipinski definition) is 2. The van der Waals surface area contributed by atoms with Gasteiger partial charge in [-0.2, -0.15) is 0 Å². The van der Waals surface area contributed by atoms with Gasteiger partial charge in [0.1, 0.15) is 12.4 Å². The van der Waals surface area contributed by atoms with Crippen molar-refractivity contribution in [3.05, 3.63) is 63.6 Å². The van der Waals surface area contributed by atoms with E-state index in [0.29, 0.717) is 15.8 Å². The van der Waals surface area contributed by atoms with Crippen molar-refractivity contribution in [3.8, 4) is 5.75 Å². The van der Waals surface area contributed by atoms with E-state index in [1.807, 2.05) is 24.3 Å². The fourth-order valence-corrected chi connectivity index (χ4v) is 2.30. The van der Waals surface area contributed by atoms with Crippen LogP contribution in [0.1, 0.15) is 11.1 Å². The molecule has 2 aromatic carbocycles. The minimum atomic E-state index is 0.150. The van der Waals surface area contributed by atoms with Crippen LogP contribution in [0.15, 0.2) is 42.5 Å². The summed E-state index contributed by atoms with van der Waals surface area (Å²) in [5.74, 6) is 0.677. The van der Waals surface area contributed by atoms with Gasteiger partial charge in [-0.15, -0.1) is 10.5 Å². The molecule has 7 heteroatoms. The summed E-state index contributed by atoms with van der Waals surface area (Å²) in [6.45, 7) is 0.270. The molecule has 0 bridgehead atoms. The summed E-state index contributed by atoms with van der Waals surface area (Å²) in [6, 6.07) is 12.8. The highest BCUT2D eigenvalue weighted by Crippen LogP contribution is 2.26. The second-order valence-corrected chi connectivity index (χ2v) is 5.56. The summed E-state index contributed by atoms with van der Waals surface area (Å²) < 4.78 is 5.81. The van der Waals surface area contributed by atoms with Crippen molar-refractivity contribution < 1.29 is 9.84 Å². The fraction of sp³-hybridized carbons (Fsp3) is 0.0667. The van der Waals surface area contributed by atoms with Crippen molar-refractivity contribution in [2.24, 2.45) is 5.73 Å². The molecule has 0 unspecified atom stereocenters. The molecule has 0 spiro atoms. The smallest absolute Gasteiger partial charge is 0.221 e. The largest absolute Gasteiger partial charge is 0.488 e. The number of hydrazone groups is 1. The van der Waals surface area contributed by atoms with Gasteiger partial charge in [-0.1, -0.05) is 41.4 Å². The van der Waals surface area contributed by atoms with Gasteiger partial charge < -0.3 is 10.5 Å². The lowest BCUT2D eigenvalue weighted by Gasteiger charge is -2.10. The van der Waals surface area contributed by atoms with Crippen LogP contribution in [0.25, 0.3) is 0 Å². The van der Waals surface area contributed by atoms with Gasteiger partial charge in [0.15, 0.2) is 0 Å². The molecule has 2 aromatic rings. The Kier molecular flexibility index (Phi) is 6.00. The number of benzene rings is 2. The van der Waals surface area contributed by atoms with E-state index < -0.39 is 0 Å². The van der Waals surface area contributed by atoms with Crippen molar-refractivity contribution in [3.63, 3.8) is 0 Å². The van der Waals surface area contributed by atoms with E-state index in [-0.39, 0.29) is 11.7 Å². The molecule has 0 fully saturated rings. The molecule has 0 aliphatic carbocycles. The molecule has 0 aromatic heterocycles. The summed E-state index contributed by atoms with van der Waals surface area (Å²) in [5, 5.41) is 4.08. The summed E-state index contributed by atoms with van der Waals surface area (Å²) in [6.07, 6.45) is 1.70. The topological polar surface area (TPSA) is 61.2 Å². The molecular weight excluding hydrogens is 341 g/mol. The van der Waals surface area contributed by atoms with Crippen LogP contribution in [0, 0.1) is 0 Å². The maximum Gasteiger partial charge on any atom is 0.221 e. The number of para-hydroxylation sites is 1. The van der Waals surface area contributed by atoms with Crippen LogP contribution >= 0.6 is 35.4 Å². The van der Waals surface area contributed by atoms with Gasteiger partial charge in [-0.05, 0) is 36.5 Å². The number of rotatable bonds is 5. The van der Waals surface area contributed by atoms with Gasteiger partial charge in [-0.25, -0.2) is 0 Å². The molecule has 0 aliphatic rings. The molecular formula is C15H14Cl2N3OS+.